The molecular weight excluding hydrogens is 841 g/mol. The second-order valence-electron chi connectivity index (χ2n) is 17.8. The molecule has 0 nitrogen and oxygen atoms in total. The fraction of sp³-hybridized carbons (Fsp3) is 0.171. The zero-order chi connectivity index (χ0) is 48.3. The molecule has 0 unspecified atom stereocenters. The van der Waals surface area contributed by atoms with E-state index in [1.165, 1.54) is 22.3 Å². The van der Waals surface area contributed by atoms with Gasteiger partial charge in [0.1, 0.15) is 0 Å². The Bertz CT molecular complexity index is 2800. The first kappa shape index (κ1) is 48.2. The average molecular weight is 901 g/mol. The van der Waals surface area contributed by atoms with Crippen molar-refractivity contribution in [1.82, 2.24) is 0 Å². The van der Waals surface area contributed by atoms with Crippen molar-refractivity contribution in [2.24, 2.45) is 0 Å². The van der Waals surface area contributed by atoms with Crippen molar-refractivity contribution in [3.63, 3.8) is 0 Å². The molecule has 8 aromatic carbocycles. The van der Waals surface area contributed by atoms with Crippen LogP contribution < -0.4 is 0 Å². The van der Waals surface area contributed by atoms with Crippen molar-refractivity contribution in [3.05, 3.63) is 283 Å². The van der Waals surface area contributed by atoms with Crippen LogP contribution in [0.25, 0.3) is 11.1 Å². The molecule has 0 radical (unpaired) electrons. The van der Waals surface area contributed by atoms with E-state index in [0.717, 1.165) is 129 Å². The summed E-state index contributed by atoms with van der Waals surface area (Å²) in [5, 5.41) is 0. The lowest BCUT2D eigenvalue weighted by Crippen LogP contribution is -1.98. The van der Waals surface area contributed by atoms with E-state index in [0.29, 0.717) is 0 Å². The van der Waals surface area contributed by atoms with Crippen molar-refractivity contribution >= 4 is 11.1 Å². The van der Waals surface area contributed by atoms with Gasteiger partial charge in [-0.15, -0.1) is 0 Å². The quantitative estimate of drug-likeness (QED) is 0.0847. The van der Waals surface area contributed by atoms with Crippen LogP contribution in [-0.4, -0.2) is 0 Å². The van der Waals surface area contributed by atoms with Gasteiger partial charge in [0.05, 0.1) is 0 Å². The van der Waals surface area contributed by atoms with Gasteiger partial charge < -0.3 is 0 Å². The number of rotatable bonds is 12. The van der Waals surface area contributed by atoms with Crippen molar-refractivity contribution in [1.29, 1.82) is 0 Å². The molecule has 70 heavy (non-hydrogen) atoms. The molecule has 8 aromatic rings. The van der Waals surface area contributed by atoms with Crippen molar-refractivity contribution in [2.75, 3.05) is 0 Å². The second-order valence-corrected chi connectivity index (χ2v) is 17.8. The molecule has 0 saturated carbocycles. The molecule has 0 aromatic heterocycles. The van der Waals surface area contributed by atoms with Gasteiger partial charge in [-0.1, -0.05) is 198 Å². The molecule has 0 atom stereocenters. The standard InChI is InChI=1S/C70H60/c1-5-9-53-13-21-57(22-14-53)29-33-61-37-45-65(46-38-61)69(66-47-39-62(40-48-66)34-30-58-23-15-54(10-6-2)16-24-58)70(67-49-41-63(42-50-67)35-31-59-25-17-55(11-7-3)18-26-59)68-51-43-64(44-52-68)36-32-60-27-19-56(12-8-4)20-28-60/h13-28,37-52H,5-12H2,1-4H3. The fourth-order valence-corrected chi connectivity index (χ4v) is 8.54. The van der Waals surface area contributed by atoms with Crippen LogP contribution in [-0.2, 0) is 25.7 Å². The third-order valence-corrected chi connectivity index (χ3v) is 12.3. The molecule has 0 heteroatoms. The summed E-state index contributed by atoms with van der Waals surface area (Å²) in [6, 6.07) is 69.2. The highest BCUT2D eigenvalue weighted by Gasteiger charge is 2.17. The summed E-state index contributed by atoms with van der Waals surface area (Å²) in [6.45, 7) is 8.84. The van der Waals surface area contributed by atoms with Gasteiger partial charge in [-0.3, -0.25) is 0 Å². The Labute approximate surface area is 418 Å². The van der Waals surface area contributed by atoms with Gasteiger partial charge in [-0.2, -0.15) is 0 Å². The molecule has 0 bridgehead atoms. The van der Waals surface area contributed by atoms with E-state index in [2.05, 4.69) is 269 Å². The minimum Gasteiger partial charge on any atom is -0.0651 e. The zero-order valence-corrected chi connectivity index (χ0v) is 41.1. The minimum absolute atomic E-state index is 0.960. The Kier molecular flexibility index (Phi) is 17.0. The van der Waals surface area contributed by atoms with Gasteiger partial charge in [0.2, 0.25) is 0 Å². The van der Waals surface area contributed by atoms with Crippen molar-refractivity contribution in [2.45, 2.75) is 79.1 Å². The molecule has 8 rings (SSSR count). The Morgan fingerprint density at radius 2 is 0.357 bits per heavy atom. The van der Waals surface area contributed by atoms with E-state index in [4.69, 9.17) is 0 Å². The Balaban J connectivity index is 1.21. The summed E-state index contributed by atoms with van der Waals surface area (Å²) in [4.78, 5) is 0. The van der Waals surface area contributed by atoms with Gasteiger partial charge in [-0.05, 0) is 178 Å². The fourth-order valence-electron chi connectivity index (χ4n) is 8.54. The van der Waals surface area contributed by atoms with Gasteiger partial charge in [0, 0.05) is 44.5 Å². The number of hydrogen-bond acceptors (Lipinski definition) is 0. The van der Waals surface area contributed by atoms with E-state index in [-0.39, 0.29) is 0 Å². The molecule has 0 spiro atoms. The maximum Gasteiger partial charge on any atom is 0.0249 e. The van der Waals surface area contributed by atoms with E-state index >= 15 is 0 Å². The van der Waals surface area contributed by atoms with Crippen LogP contribution in [0.3, 0.4) is 0 Å². The lowest BCUT2D eigenvalue weighted by Gasteiger charge is -2.18. The Hall–Kier alpha value is -8.26. The van der Waals surface area contributed by atoms with Gasteiger partial charge >= 0.3 is 0 Å². The number of aryl methyl sites for hydroxylation is 4. The van der Waals surface area contributed by atoms with Crippen LogP contribution in [0.5, 0.6) is 0 Å². The van der Waals surface area contributed by atoms with E-state index in [1.807, 2.05) is 0 Å². The molecule has 0 aliphatic heterocycles. The van der Waals surface area contributed by atoms with Gasteiger partial charge in [-0.25, -0.2) is 0 Å². The van der Waals surface area contributed by atoms with Crippen LogP contribution in [0, 0.1) is 47.4 Å². The van der Waals surface area contributed by atoms with Crippen molar-refractivity contribution in [3.8, 4) is 47.4 Å². The Morgan fingerprint density at radius 3 is 0.500 bits per heavy atom. The van der Waals surface area contributed by atoms with Crippen LogP contribution in [0.2, 0.25) is 0 Å². The first-order valence-corrected chi connectivity index (χ1v) is 25.1. The number of benzene rings is 8. The van der Waals surface area contributed by atoms with E-state index in [9.17, 15) is 0 Å². The highest BCUT2D eigenvalue weighted by molar-refractivity contribution is 6.04. The molecule has 0 saturated heterocycles. The predicted octanol–water partition coefficient (Wildman–Crippen LogP) is 16.1. The molecule has 0 fully saturated rings. The van der Waals surface area contributed by atoms with E-state index in [1.54, 1.807) is 0 Å². The maximum atomic E-state index is 3.42. The summed E-state index contributed by atoms with van der Waals surface area (Å²) < 4.78 is 0. The molecule has 0 aliphatic rings. The molecule has 0 heterocycles. The maximum absolute atomic E-state index is 3.42. The average Bonchev–Trinajstić information content (AvgIpc) is 3.40. The minimum atomic E-state index is 0.960. The number of hydrogen-bond donors (Lipinski definition) is 0. The van der Waals surface area contributed by atoms with Crippen LogP contribution >= 0.6 is 0 Å². The summed E-state index contributed by atoms with van der Waals surface area (Å²) in [7, 11) is 0. The van der Waals surface area contributed by atoms with Crippen LogP contribution in [0.1, 0.15) is 142 Å². The lowest BCUT2D eigenvalue weighted by atomic mass is 9.85. The van der Waals surface area contributed by atoms with E-state index < -0.39 is 0 Å². The summed E-state index contributed by atoms with van der Waals surface area (Å²) in [6.07, 6.45) is 8.84. The summed E-state index contributed by atoms with van der Waals surface area (Å²) >= 11 is 0. The normalized spacial score (nSPS) is 10.3. The third-order valence-electron chi connectivity index (χ3n) is 12.3. The van der Waals surface area contributed by atoms with Crippen molar-refractivity contribution < 1.29 is 0 Å². The highest BCUT2D eigenvalue weighted by atomic mass is 14.2. The van der Waals surface area contributed by atoms with Gasteiger partial charge in [0.15, 0.2) is 0 Å². The SMILES string of the molecule is CCCc1ccc(C#Cc2ccc(C(=C(c3ccc(C#Cc4ccc(CCC)cc4)cc3)c3ccc(C#Cc4ccc(CCC)cc4)cc3)c3ccc(C#Cc4ccc(CCC)cc4)cc3)cc2)cc1. The monoisotopic (exact) mass is 900 g/mol. The second kappa shape index (κ2) is 24.7. The summed E-state index contributed by atoms with van der Waals surface area (Å²) in [5.41, 5.74) is 19.8. The molecule has 0 N–H and O–H groups in total. The van der Waals surface area contributed by atoms with Crippen LogP contribution in [0.4, 0.5) is 0 Å². The lowest BCUT2D eigenvalue weighted by molar-refractivity contribution is 0.922. The van der Waals surface area contributed by atoms with Gasteiger partial charge in [0.25, 0.3) is 0 Å². The largest absolute Gasteiger partial charge is 0.0651 e. The van der Waals surface area contributed by atoms with Crippen LogP contribution in [0.15, 0.2) is 194 Å². The zero-order valence-electron chi connectivity index (χ0n) is 41.1. The molecule has 340 valence electrons. The smallest absolute Gasteiger partial charge is 0.0249 e. The summed E-state index contributed by atoms with van der Waals surface area (Å²) in [5.74, 6) is 27.3. The molecule has 0 amide bonds. The molecule has 0 aliphatic carbocycles. The Morgan fingerprint density at radius 1 is 0.214 bits per heavy atom. The topological polar surface area (TPSA) is 0 Å². The third kappa shape index (κ3) is 13.5. The highest BCUT2D eigenvalue weighted by Crippen LogP contribution is 2.37. The predicted molar refractivity (Wildman–Crippen MR) is 296 cm³/mol. The first-order chi connectivity index (χ1) is 34.5. The molecular formula is C70H60. The first-order valence-electron chi connectivity index (χ1n) is 25.1.